The number of rotatable bonds is 2. The van der Waals surface area contributed by atoms with Crippen LogP contribution >= 0.6 is 0 Å². The van der Waals surface area contributed by atoms with Crippen molar-refractivity contribution in [3.05, 3.63) is 0 Å². The summed E-state index contributed by atoms with van der Waals surface area (Å²) in [6.45, 7) is 8.80. The van der Waals surface area contributed by atoms with Crippen LogP contribution in [0.1, 0.15) is 65.2 Å². The highest BCUT2D eigenvalue weighted by molar-refractivity contribution is 4.91. The zero-order valence-electron chi connectivity index (χ0n) is 13.0. The average molecular weight is 264 g/mol. The number of hydrogen-bond donors (Lipinski definition) is 1. The molecule has 1 N–H and O–H groups in total. The molecule has 3 atom stereocenters. The summed E-state index contributed by atoms with van der Waals surface area (Å²) in [4.78, 5) is 2.71. The van der Waals surface area contributed by atoms with Gasteiger partial charge in [-0.2, -0.15) is 0 Å². The summed E-state index contributed by atoms with van der Waals surface area (Å²) in [5.74, 6) is 1.00. The van der Waals surface area contributed by atoms with Gasteiger partial charge in [0.1, 0.15) is 0 Å². The van der Waals surface area contributed by atoms with Crippen LogP contribution in [0, 0.1) is 11.3 Å². The topological polar surface area (TPSA) is 15.3 Å². The molecule has 1 aliphatic carbocycles. The van der Waals surface area contributed by atoms with Crippen molar-refractivity contribution in [3.63, 3.8) is 0 Å². The van der Waals surface area contributed by atoms with Gasteiger partial charge < -0.3 is 10.2 Å². The van der Waals surface area contributed by atoms with E-state index >= 15 is 0 Å². The number of nitrogens with one attached hydrogen (secondary N) is 1. The highest BCUT2D eigenvalue weighted by Gasteiger charge is 2.33. The first-order valence-electron chi connectivity index (χ1n) is 8.61. The largest absolute Gasteiger partial charge is 0.310 e. The van der Waals surface area contributed by atoms with E-state index in [0.29, 0.717) is 5.41 Å². The van der Waals surface area contributed by atoms with E-state index in [2.05, 4.69) is 24.1 Å². The van der Waals surface area contributed by atoms with E-state index in [-0.39, 0.29) is 0 Å². The zero-order valence-corrected chi connectivity index (χ0v) is 13.0. The Morgan fingerprint density at radius 3 is 2.53 bits per heavy atom. The maximum Gasteiger partial charge on any atom is 0.0197 e. The van der Waals surface area contributed by atoms with E-state index < -0.39 is 0 Å². The molecule has 2 heteroatoms. The second-order valence-electron chi connectivity index (χ2n) is 8.06. The molecule has 0 amide bonds. The first-order valence-corrected chi connectivity index (χ1v) is 8.61. The summed E-state index contributed by atoms with van der Waals surface area (Å²) in [5, 5.41) is 3.98. The monoisotopic (exact) mass is 264 g/mol. The smallest absolute Gasteiger partial charge is 0.0197 e. The van der Waals surface area contributed by atoms with Crippen LogP contribution in [0.2, 0.25) is 0 Å². The third-order valence-electron chi connectivity index (χ3n) is 5.93. The molecule has 2 nitrogen and oxygen atoms in total. The third kappa shape index (κ3) is 3.52. The summed E-state index contributed by atoms with van der Waals surface area (Å²) >= 11 is 0. The van der Waals surface area contributed by atoms with E-state index in [1.165, 1.54) is 71.0 Å². The summed E-state index contributed by atoms with van der Waals surface area (Å²) < 4.78 is 0. The molecule has 3 rings (SSSR count). The van der Waals surface area contributed by atoms with Crippen molar-refractivity contribution in [2.75, 3.05) is 19.6 Å². The Morgan fingerprint density at radius 2 is 1.74 bits per heavy atom. The lowest BCUT2D eigenvalue weighted by molar-refractivity contribution is 0.0983. The highest BCUT2D eigenvalue weighted by Crippen LogP contribution is 2.33. The Hall–Kier alpha value is -0.0800. The second kappa shape index (κ2) is 5.73. The molecule has 3 fully saturated rings. The van der Waals surface area contributed by atoms with Crippen LogP contribution < -0.4 is 5.32 Å². The number of nitrogens with zero attached hydrogens (tertiary/aromatic N) is 1. The Labute approximate surface area is 119 Å². The fourth-order valence-electron chi connectivity index (χ4n) is 4.37. The number of likely N-dealkylation sites (tertiary alicyclic amines) is 1. The maximum atomic E-state index is 3.98. The molecule has 0 bridgehead atoms. The summed E-state index contributed by atoms with van der Waals surface area (Å²) in [6.07, 6.45) is 11.5. The van der Waals surface area contributed by atoms with Crippen LogP contribution in [-0.2, 0) is 0 Å². The number of piperidine rings is 2. The Morgan fingerprint density at radius 1 is 1.00 bits per heavy atom. The molecule has 3 aliphatic rings. The Kier molecular flexibility index (Phi) is 4.19. The Balaban J connectivity index is 1.46. The molecule has 3 unspecified atom stereocenters. The van der Waals surface area contributed by atoms with E-state index in [1.54, 1.807) is 0 Å². The number of fused-ring (bicyclic) bond motifs is 1. The van der Waals surface area contributed by atoms with E-state index in [9.17, 15) is 0 Å². The second-order valence-corrected chi connectivity index (χ2v) is 8.06. The molecule has 0 aromatic carbocycles. The maximum absolute atomic E-state index is 3.98. The molecule has 110 valence electrons. The van der Waals surface area contributed by atoms with Gasteiger partial charge >= 0.3 is 0 Å². The molecular formula is C17H32N2. The van der Waals surface area contributed by atoms with Gasteiger partial charge in [-0.15, -0.1) is 0 Å². The third-order valence-corrected chi connectivity index (χ3v) is 5.93. The van der Waals surface area contributed by atoms with Crippen molar-refractivity contribution in [3.8, 4) is 0 Å². The first-order chi connectivity index (χ1) is 9.12. The van der Waals surface area contributed by atoms with Crippen molar-refractivity contribution >= 4 is 0 Å². The number of hydrogen-bond acceptors (Lipinski definition) is 2. The summed E-state index contributed by atoms with van der Waals surface area (Å²) in [7, 11) is 0. The van der Waals surface area contributed by atoms with Crippen molar-refractivity contribution < 1.29 is 0 Å². The van der Waals surface area contributed by atoms with Crippen LogP contribution in [0.25, 0.3) is 0 Å². The molecule has 2 aliphatic heterocycles. The van der Waals surface area contributed by atoms with Gasteiger partial charge in [0, 0.05) is 18.6 Å². The van der Waals surface area contributed by atoms with E-state index in [1.807, 2.05) is 0 Å². The van der Waals surface area contributed by atoms with Gasteiger partial charge in [0.25, 0.3) is 0 Å². The molecule has 0 aromatic rings. The van der Waals surface area contributed by atoms with Gasteiger partial charge in [-0.25, -0.2) is 0 Å². The van der Waals surface area contributed by atoms with Crippen LogP contribution in [0.5, 0.6) is 0 Å². The normalized spacial score (nSPS) is 39.8. The average Bonchev–Trinajstić information content (AvgIpc) is 2.41. The minimum Gasteiger partial charge on any atom is -0.310 e. The molecule has 0 radical (unpaired) electrons. The van der Waals surface area contributed by atoms with Crippen LogP contribution in [0.15, 0.2) is 0 Å². The molecule has 19 heavy (non-hydrogen) atoms. The van der Waals surface area contributed by atoms with Gasteiger partial charge in [-0.1, -0.05) is 26.7 Å². The van der Waals surface area contributed by atoms with Crippen molar-refractivity contribution in [2.45, 2.75) is 77.3 Å². The molecule has 1 saturated carbocycles. The standard InChI is InChI=1S/C17H32N2/c1-17(2)9-11-19(12-10-17)13-15-8-7-14-5-3-4-6-16(14)18-15/h14-16,18H,3-13H2,1-2H3. The van der Waals surface area contributed by atoms with Crippen molar-refractivity contribution in [1.29, 1.82) is 0 Å². The molecule has 0 aromatic heterocycles. The fourth-order valence-corrected chi connectivity index (χ4v) is 4.37. The van der Waals surface area contributed by atoms with Gasteiger partial charge in [0.15, 0.2) is 0 Å². The lowest BCUT2D eigenvalue weighted by atomic mass is 9.77. The predicted octanol–water partition coefficient (Wildman–Crippen LogP) is 3.42. The van der Waals surface area contributed by atoms with Crippen LogP contribution in [0.4, 0.5) is 0 Å². The molecule has 2 heterocycles. The minimum atomic E-state index is 0.588. The van der Waals surface area contributed by atoms with E-state index in [4.69, 9.17) is 0 Å². The fraction of sp³-hybridized carbons (Fsp3) is 1.00. The summed E-state index contributed by atoms with van der Waals surface area (Å²) in [6, 6.07) is 1.63. The first kappa shape index (κ1) is 13.9. The van der Waals surface area contributed by atoms with Gasteiger partial charge in [-0.3, -0.25) is 0 Å². The van der Waals surface area contributed by atoms with Crippen LogP contribution in [-0.4, -0.2) is 36.6 Å². The van der Waals surface area contributed by atoms with Gasteiger partial charge in [0.2, 0.25) is 0 Å². The van der Waals surface area contributed by atoms with Gasteiger partial charge in [-0.05, 0) is 62.9 Å². The van der Waals surface area contributed by atoms with Crippen molar-refractivity contribution in [2.24, 2.45) is 11.3 Å². The van der Waals surface area contributed by atoms with Gasteiger partial charge in [0.05, 0.1) is 0 Å². The minimum absolute atomic E-state index is 0.588. The SMILES string of the molecule is CC1(C)CCN(CC2CCC3CCCCC3N2)CC1. The van der Waals surface area contributed by atoms with E-state index in [0.717, 1.165) is 18.0 Å². The lowest BCUT2D eigenvalue weighted by Gasteiger charge is -2.44. The quantitative estimate of drug-likeness (QED) is 0.822. The molecule has 0 spiro atoms. The van der Waals surface area contributed by atoms with Crippen molar-refractivity contribution in [1.82, 2.24) is 10.2 Å². The molecule has 2 saturated heterocycles. The summed E-state index contributed by atoms with van der Waals surface area (Å²) in [5.41, 5.74) is 0.588. The highest BCUT2D eigenvalue weighted by atomic mass is 15.2. The molecular weight excluding hydrogens is 232 g/mol. The lowest BCUT2D eigenvalue weighted by Crippen LogP contribution is -2.54. The van der Waals surface area contributed by atoms with Crippen LogP contribution in [0.3, 0.4) is 0 Å². The predicted molar refractivity (Wildman–Crippen MR) is 81.4 cm³/mol. The zero-order chi connectivity index (χ0) is 13.3. The Bertz CT molecular complexity index is 290.